The van der Waals surface area contributed by atoms with E-state index in [9.17, 15) is 23.1 Å². The molecule has 2 unspecified atom stereocenters. The molecular weight excluding hydrogens is 490 g/mol. The number of carbonyl (C=O) groups is 1. The Hall–Kier alpha value is -3.05. The van der Waals surface area contributed by atoms with Gasteiger partial charge in [0.1, 0.15) is 23.6 Å². The quantitative estimate of drug-likeness (QED) is 0.446. The molecule has 0 amide bonds. The second kappa shape index (κ2) is 10.7. The lowest BCUT2D eigenvalue weighted by molar-refractivity contribution is -0.137. The molecule has 7 nitrogen and oxygen atoms in total. The van der Waals surface area contributed by atoms with E-state index in [1.165, 1.54) is 31.6 Å². The van der Waals surface area contributed by atoms with Gasteiger partial charge in [0.25, 0.3) is 0 Å². The van der Waals surface area contributed by atoms with Gasteiger partial charge in [0, 0.05) is 37.8 Å². The Kier molecular flexibility index (Phi) is 7.84. The third kappa shape index (κ3) is 6.10. The molecule has 0 saturated carbocycles. The number of aliphatic hydroxyl groups is 1. The molecule has 1 saturated heterocycles. The van der Waals surface area contributed by atoms with Crippen LogP contribution in [-0.2, 0) is 24.1 Å². The summed E-state index contributed by atoms with van der Waals surface area (Å²) in [6, 6.07) is 4.77. The molecule has 2 aromatic heterocycles. The topological polar surface area (TPSA) is 74.5 Å². The Balaban J connectivity index is 1.58. The van der Waals surface area contributed by atoms with E-state index in [2.05, 4.69) is 9.97 Å². The van der Waals surface area contributed by atoms with Crippen molar-refractivity contribution < 1.29 is 27.5 Å². The van der Waals surface area contributed by atoms with Crippen LogP contribution in [0.15, 0.2) is 36.8 Å². The van der Waals surface area contributed by atoms with Crippen LogP contribution < -0.4 is 4.90 Å². The van der Waals surface area contributed by atoms with Crippen LogP contribution in [0.25, 0.3) is 11.0 Å². The molecule has 0 radical (unpaired) electrons. The van der Waals surface area contributed by atoms with E-state index in [4.69, 9.17) is 0 Å². The SMILES string of the molecule is CC(=O)CN1CCC(Cn2cc(F)c3c(N(Cc4ccc(C(F)(F)F)cc4)C(C)C)ncnc32)C(O)C1. The van der Waals surface area contributed by atoms with Gasteiger partial charge >= 0.3 is 6.18 Å². The monoisotopic (exact) mass is 521 g/mol. The van der Waals surface area contributed by atoms with Crippen LogP contribution in [0.1, 0.15) is 38.3 Å². The summed E-state index contributed by atoms with van der Waals surface area (Å²) in [6.07, 6.45) is -1.73. The van der Waals surface area contributed by atoms with E-state index in [0.717, 1.165) is 12.1 Å². The molecule has 1 aliphatic rings. The maximum absolute atomic E-state index is 15.3. The van der Waals surface area contributed by atoms with E-state index < -0.39 is 23.7 Å². The molecule has 1 N–H and O–H groups in total. The summed E-state index contributed by atoms with van der Waals surface area (Å²) in [5.41, 5.74) is 0.293. The fourth-order valence-corrected chi connectivity index (χ4v) is 4.89. The lowest BCUT2D eigenvalue weighted by Crippen LogP contribution is -2.46. The number of halogens is 4. The van der Waals surface area contributed by atoms with Gasteiger partial charge in [-0.1, -0.05) is 12.1 Å². The molecule has 3 aromatic rings. The van der Waals surface area contributed by atoms with Crippen LogP contribution in [0.2, 0.25) is 0 Å². The third-order valence-corrected chi connectivity index (χ3v) is 6.80. The number of fused-ring (bicyclic) bond motifs is 1. The number of hydrogen-bond acceptors (Lipinski definition) is 6. The Morgan fingerprint density at radius 2 is 1.92 bits per heavy atom. The molecule has 3 heterocycles. The predicted octanol–water partition coefficient (Wildman–Crippen LogP) is 4.28. The van der Waals surface area contributed by atoms with Crippen LogP contribution in [0.5, 0.6) is 0 Å². The van der Waals surface area contributed by atoms with Gasteiger partial charge in [-0.15, -0.1) is 0 Å². The Labute approximate surface area is 212 Å². The molecule has 11 heteroatoms. The first-order valence-electron chi connectivity index (χ1n) is 12.3. The zero-order valence-electron chi connectivity index (χ0n) is 21.0. The van der Waals surface area contributed by atoms with Crippen molar-refractivity contribution in [2.24, 2.45) is 5.92 Å². The summed E-state index contributed by atoms with van der Waals surface area (Å²) in [6.45, 7) is 7.24. The minimum Gasteiger partial charge on any atom is -0.391 e. The summed E-state index contributed by atoms with van der Waals surface area (Å²) in [7, 11) is 0. The number of nitrogens with zero attached hydrogens (tertiary/aromatic N) is 5. The highest BCUT2D eigenvalue weighted by molar-refractivity contribution is 5.88. The summed E-state index contributed by atoms with van der Waals surface area (Å²) >= 11 is 0. The highest BCUT2D eigenvalue weighted by Gasteiger charge is 2.31. The minimum atomic E-state index is -4.42. The number of benzene rings is 1. The normalized spacial score (nSPS) is 19.1. The summed E-state index contributed by atoms with van der Waals surface area (Å²) < 4.78 is 55.9. The average molecular weight is 522 g/mol. The number of carbonyl (C=O) groups excluding carboxylic acids is 1. The summed E-state index contributed by atoms with van der Waals surface area (Å²) in [4.78, 5) is 23.8. The van der Waals surface area contributed by atoms with Crippen molar-refractivity contribution in [3.8, 4) is 0 Å². The first-order chi connectivity index (χ1) is 17.4. The minimum absolute atomic E-state index is 0.0411. The largest absolute Gasteiger partial charge is 0.416 e. The fraction of sp³-hybridized carbons (Fsp3) is 0.500. The third-order valence-electron chi connectivity index (χ3n) is 6.80. The first-order valence-corrected chi connectivity index (χ1v) is 12.3. The predicted molar refractivity (Wildman–Crippen MR) is 131 cm³/mol. The molecule has 4 rings (SSSR count). The molecule has 37 heavy (non-hydrogen) atoms. The molecule has 1 fully saturated rings. The van der Waals surface area contributed by atoms with E-state index in [0.29, 0.717) is 49.6 Å². The standard InChI is InChI=1S/C26H31F4N5O2/c1-16(2)35(11-18-4-6-20(7-5-18)26(28,29)30)25-23-21(27)13-34(24(23)31-15-32-25)12-19-8-9-33(10-17(3)36)14-22(19)37/h4-7,13,15-16,19,22,37H,8-12,14H2,1-3H3. The maximum Gasteiger partial charge on any atom is 0.416 e. The fourth-order valence-electron chi connectivity index (χ4n) is 4.89. The number of piperidine rings is 1. The first kappa shape index (κ1) is 27.0. The molecule has 0 bridgehead atoms. The van der Waals surface area contributed by atoms with Crippen molar-refractivity contribution in [3.63, 3.8) is 0 Å². The van der Waals surface area contributed by atoms with Gasteiger partial charge in [0.15, 0.2) is 5.82 Å². The molecular formula is C26H31F4N5O2. The van der Waals surface area contributed by atoms with Crippen molar-refractivity contribution >= 4 is 22.6 Å². The van der Waals surface area contributed by atoms with Gasteiger partial charge < -0.3 is 14.6 Å². The zero-order valence-corrected chi connectivity index (χ0v) is 21.0. The molecule has 1 aliphatic heterocycles. The maximum atomic E-state index is 15.3. The van der Waals surface area contributed by atoms with Crippen LogP contribution in [0.4, 0.5) is 23.4 Å². The number of anilines is 1. The number of aromatic nitrogens is 3. The van der Waals surface area contributed by atoms with Crippen molar-refractivity contribution in [2.75, 3.05) is 24.5 Å². The molecule has 0 aliphatic carbocycles. The van der Waals surface area contributed by atoms with Crippen LogP contribution in [0.3, 0.4) is 0 Å². The van der Waals surface area contributed by atoms with Crippen molar-refractivity contribution in [1.29, 1.82) is 0 Å². The van der Waals surface area contributed by atoms with Crippen molar-refractivity contribution in [1.82, 2.24) is 19.4 Å². The smallest absolute Gasteiger partial charge is 0.391 e. The van der Waals surface area contributed by atoms with Gasteiger partial charge in [-0.2, -0.15) is 13.2 Å². The number of hydrogen-bond donors (Lipinski definition) is 1. The van der Waals surface area contributed by atoms with E-state index in [1.807, 2.05) is 23.6 Å². The Morgan fingerprint density at radius 3 is 2.51 bits per heavy atom. The van der Waals surface area contributed by atoms with Crippen LogP contribution >= 0.6 is 0 Å². The number of aliphatic hydroxyl groups excluding tert-OH is 1. The van der Waals surface area contributed by atoms with Gasteiger partial charge in [0.2, 0.25) is 0 Å². The number of rotatable bonds is 8. The average Bonchev–Trinajstić information content (AvgIpc) is 3.14. The van der Waals surface area contributed by atoms with Crippen LogP contribution in [0, 0.1) is 11.7 Å². The van der Waals surface area contributed by atoms with Crippen molar-refractivity contribution in [2.45, 2.75) is 58.6 Å². The second-order valence-corrected chi connectivity index (χ2v) is 9.99. The van der Waals surface area contributed by atoms with Crippen molar-refractivity contribution in [3.05, 3.63) is 53.7 Å². The number of likely N-dealkylation sites (tertiary alicyclic amines) is 1. The molecule has 1 aromatic carbocycles. The number of Topliss-reactive ketones (excluding diaryl/α,β-unsaturated/α-hetero) is 1. The zero-order chi connectivity index (χ0) is 26.9. The lowest BCUT2D eigenvalue weighted by atomic mass is 9.93. The van der Waals surface area contributed by atoms with Crippen LogP contribution in [-0.4, -0.2) is 62.1 Å². The Morgan fingerprint density at radius 1 is 1.22 bits per heavy atom. The van der Waals surface area contributed by atoms with Gasteiger partial charge in [-0.25, -0.2) is 14.4 Å². The molecule has 2 atom stereocenters. The number of alkyl halides is 3. The summed E-state index contributed by atoms with van der Waals surface area (Å²) in [5, 5.41) is 10.9. The van der Waals surface area contributed by atoms with Gasteiger partial charge in [-0.05, 0) is 51.4 Å². The van der Waals surface area contributed by atoms with Gasteiger partial charge in [0.05, 0.1) is 23.6 Å². The summed E-state index contributed by atoms with van der Waals surface area (Å²) in [5.74, 6) is -0.246. The van der Waals surface area contributed by atoms with E-state index in [1.54, 1.807) is 4.57 Å². The lowest BCUT2D eigenvalue weighted by Gasteiger charge is -2.35. The van der Waals surface area contributed by atoms with E-state index in [-0.39, 0.29) is 29.7 Å². The highest BCUT2D eigenvalue weighted by Crippen LogP contribution is 2.32. The second-order valence-electron chi connectivity index (χ2n) is 9.99. The number of β-amino-alcohol motifs (C(OH)–C–C–N with tert-alkyl or cyclic N) is 1. The van der Waals surface area contributed by atoms with E-state index >= 15 is 4.39 Å². The number of ketones is 1. The Bertz CT molecular complexity index is 1240. The molecule has 200 valence electrons. The molecule has 0 spiro atoms. The highest BCUT2D eigenvalue weighted by atomic mass is 19.4. The van der Waals surface area contributed by atoms with Gasteiger partial charge in [-0.3, -0.25) is 9.69 Å².